The van der Waals surface area contributed by atoms with Crippen molar-refractivity contribution < 1.29 is 31.5 Å². The summed E-state index contributed by atoms with van der Waals surface area (Å²) in [6.45, 7) is 1.51. The van der Waals surface area contributed by atoms with Gasteiger partial charge in [-0.25, -0.2) is 0 Å². The smallest absolute Gasteiger partial charge is 0.364 e. The van der Waals surface area contributed by atoms with Crippen LogP contribution in [0.5, 0.6) is 0 Å². The zero-order valence-electron chi connectivity index (χ0n) is 15.9. The van der Waals surface area contributed by atoms with Gasteiger partial charge in [0, 0.05) is 30.9 Å². The number of carbonyl (C=O) groups is 2. The van der Waals surface area contributed by atoms with Gasteiger partial charge in [-0.1, -0.05) is 0 Å². The van der Waals surface area contributed by atoms with Crippen LogP contribution in [0, 0.1) is 18.8 Å². The van der Waals surface area contributed by atoms with E-state index in [0.717, 1.165) is 4.68 Å². The van der Waals surface area contributed by atoms with Gasteiger partial charge in [0.25, 0.3) is 17.7 Å². The standard InChI is InChI=1S/C18H18F5N5O2/c1-8-13(16(30)26-10-3-4-25-12(6-10)15(24)29)28(27-14(8)17(2,19)20)7-9-5-11(9)18(21,22)23/h3-4,6,9,11H,5,7H2,1-2H3,(H2,24,29)(H,25,26,30). The van der Waals surface area contributed by atoms with Crippen LogP contribution in [0.4, 0.5) is 27.6 Å². The first-order valence-electron chi connectivity index (χ1n) is 8.88. The first kappa shape index (κ1) is 21.7. The van der Waals surface area contributed by atoms with Crippen molar-refractivity contribution in [2.45, 2.75) is 38.9 Å². The number of nitrogens with two attached hydrogens (primary N) is 1. The van der Waals surface area contributed by atoms with Crippen LogP contribution in [0.25, 0.3) is 0 Å². The molecule has 3 rings (SSSR count). The lowest BCUT2D eigenvalue weighted by atomic mass is 10.1. The second-order valence-corrected chi connectivity index (χ2v) is 7.28. The van der Waals surface area contributed by atoms with Crippen LogP contribution < -0.4 is 11.1 Å². The molecular weight excluding hydrogens is 413 g/mol. The van der Waals surface area contributed by atoms with Crippen LogP contribution >= 0.6 is 0 Å². The molecule has 2 aromatic rings. The van der Waals surface area contributed by atoms with Gasteiger partial charge in [-0.15, -0.1) is 0 Å². The Morgan fingerprint density at radius 1 is 1.30 bits per heavy atom. The maximum absolute atomic E-state index is 13.9. The van der Waals surface area contributed by atoms with Gasteiger partial charge in [-0.05, 0) is 31.4 Å². The number of nitrogens with zero attached hydrogens (tertiary/aromatic N) is 3. The van der Waals surface area contributed by atoms with E-state index >= 15 is 0 Å². The van der Waals surface area contributed by atoms with Gasteiger partial charge in [0.1, 0.15) is 17.1 Å². The van der Waals surface area contributed by atoms with Crippen LogP contribution in [0.15, 0.2) is 18.3 Å². The predicted octanol–water partition coefficient (Wildman–Crippen LogP) is 3.25. The third-order valence-corrected chi connectivity index (χ3v) is 4.84. The highest BCUT2D eigenvalue weighted by Gasteiger charge is 2.56. The maximum atomic E-state index is 13.9. The SMILES string of the molecule is Cc1c(C(C)(F)F)nn(CC2CC2C(F)(F)F)c1C(=O)Nc1ccnc(C(N)=O)c1. The number of amides is 2. The summed E-state index contributed by atoms with van der Waals surface area (Å²) < 4.78 is 67.3. The first-order valence-corrected chi connectivity index (χ1v) is 8.88. The van der Waals surface area contributed by atoms with E-state index in [1.807, 2.05) is 0 Å². The molecule has 12 heteroatoms. The Morgan fingerprint density at radius 3 is 2.50 bits per heavy atom. The van der Waals surface area contributed by atoms with Gasteiger partial charge in [0.05, 0.1) is 5.92 Å². The number of aromatic nitrogens is 3. The second-order valence-electron chi connectivity index (χ2n) is 7.28. The Hall–Kier alpha value is -3.05. The van der Waals surface area contributed by atoms with Crippen molar-refractivity contribution in [2.75, 3.05) is 5.32 Å². The lowest BCUT2D eigenvalue weighted by Crippen LogP contribution is -2.21. The molecule has 1 aliphatic carbocycles. The molecule has 30 heavy (non-hydrogen) atoms. The highest BCUT2D eigenvalue weighted by molar-refractivity contribution is 6.04. The molecule has 1 fully saturated rings. The molecule has 0 aliphatic heterocycles. The minimum Gasteiger partial charge on any atom is -0.364 e. The van der Waals surface area contributed by atoms with Crippen molar-refractivity contribution in [1.82, 2.24) is 14.8 Å². The van der Waals surface area contributed by atoms with Gasteiger partial charge in [-0.3, -0.25) is 19.3 Å². The number of primary amides is 1. The number of hydrogen-bond donors (Lipinski definition) is 2. The van der Waals surface area contributed by atoms with Gasteiger partial charge in [0.15, 0.2) is 0 Å². The molecule has 2 unspecified atom stereocenters. The molecule has 1 saturated carbocycles. The largest absolute Gasteiger partial charge is 0.392 e. The van der Waals surface area contributed by atoms with Gasteiger partial charge in [0.2, 0.25) is 0 Å². The minimum atomic E-state index is -4.39. The monoisotopic (exact) mass is 431 g/mol. The average Bonchev–Trinajstić information content (AvgIpc) is 3.30. The average molecular weight is 431 g/mol. The summed E-state index contributed by atoms with van der Waals surface area (Å²) in [5, 5.41) is 6.16. The number of hydrogen-bond acceptors (Lipinski definition) is 4. The summed E-state index contributed by atoms with van der Waals surface area (Å²) in [5.74, 6) is -7.50. The fourth-order valence-electron chi connectivity index (χ4n) is 3.29. The highest BCUT2D eigenvalue weighted by atomic mass is 19.4. The zero-order chi connectivity index (χ0) is 22.4. The Labute approximate surface area is 167 Å². The summed E-state index contributed by atoms with van der Waals surface area (Å²) >= 11 is 0. The molecule has 2 amide bonds. The topological polar surface area (TPSA) is 103 Å². The van der Waals surface area contributed by atoms with Crippen LogP contribution in [0.3, 0.4) is 0 Å². The number of anilines is 1. The van der Waals surface area contributed by atoms with Crippen molar-refractivity contribution in [3.63, 3.8) is 0 Å². The quantitative estimate of drug-likeness (QED) is 0.686. The molecule has 3 N–H and O–H groups in total. The predicted molar refractivity (Wildman–Crippen MR) is 94.9 cm³/mol. The molecule has 0 spiro atoms. The van der Waals surface area contributed by atoms with E-state index in [1.165, 1.54) is 25.3 Å². The number of halogens is 5. The number of carbonyl (C=O) groups excluding carboxylic acids is 2. The number of alkyl halides is 5. The summed E-state index contributed by atoms with van der Waals surface area (Å²) in [6.07, 6.45) is -3.34. The van der Waals surface area contributed by atoms with E-state index in [9.17, 15) is 31.5 Å². The van der Waals surface area contributed by atoms with Crippen LogP contribution in [0.1, 0.15) is 45.6 Å². The van der Waals surface area contributed by atoms with E-state index in [2.05, 4.69) is 15.4 Å². The van der Waals surface area contributed by atoms with Crippen molar-refractivity contribution in [1.29, 1.82) is 0 Å². The molecule has 2 atom stereocenters. The third kappa shape index (κ3) is 4.41. The fraction of sp³-hybridized carbons (Fsp3) is 0.444. The Balaban J connectivity index is 1.92. The molecule has 0 bridgehead atoms. The summed E-state index contributed by atoms with van der Waals surface area (Å²) in [7, 11) is 0. The first-order chi connectivity index (χ1) is 13.8. The summed E-state index contributed by atoms with van der Waals surface area (Å²) in [5.41, 5.74) is 3.99. The molecule has 0 saturated heterocycles. The Morgan fingerprint density at radius 2 is 1.97 bits per heavy atom. The van der Waals surface area contributed by atoms with Crippen LogP contribution in [0.2, 0.25) is 0 Å². The van der Waals surface area contributed by atoms with Gasteiger partial charge >= 0.3 is 6.18 Å². The lowest BCUT2D eigenvalue weighted by Gasteiger charge is -2.10. The van der Waals surface area contributed by atoms with E-state index in [4.69, 9.17) is 5.73 Å². The second kappa shape index (κ2) is 7.33. The summed E-state index contributed by atoms with van der Waals surface area (Å²) in [4.78, 5) is 27.7. The van der Waals surface area contributed by atoms with Crippen LogP contribution in [-0.4, -0.2) is 32.8 Å². The molecular formula is C18H18F5N5O2. The number of rotatable bonds is 6. The van der Waals surface area contributed by atoms with E-state index in [-0.39, 0.29) is 35.6 Å². The molecule has 0 radical (unpaired) electrons. The van der Waals surface area contributed by atoms with E-state index in [1.54, 1.807) is 0 Å². The molecule has 2 aromatic heterocycles. The minimum absolute atomic E-state index is 0.111. The van der Waals surface area contributed by atoms with E-state index < -0.39 is 41.4 Å². The zero-order valence-corrected chi connectivity index (χ0v) is 15.9. The Bertz CT molecular complexity index is 996. The normalized spacial score (nSPS) is 18.9. The van der Waals surface area contributed by atoms with E-state index in [0.29, 0.717) is 6.92 Å². The van der Waals surface area contributed by atoms with Crippen molar-refractivity contribution in [2.24, 2.45) is 17.6 Å². The molecule has 7 nitrogen and oxygen atoms in total. The molecule has 2 heterocycles. The van der Waals surface area contributed by atoms with Gasteiger partial charge < -0.3 is 11.1 Å². The Kier molecular flexibility index (Phi) is 5.29. The lowest BCUT2D eigenvalue weighted by molar-refractivity contribution is -0.151. The van der Waals surface area contributed by atoms with Crippen LogP contribution in [-0.2, 0) is 12.5 Å². The van der Waals surface area contributed by atoms with Crippen molar-refractivity contribution in [3.05, 3.63) is 41.0 Å². The molecule has 0 aromatic carbocycles. The molecule has 162 valence electrons. The fourth-order valence-corrected chi connectivity index (χ4v) is 3.29. The maximum Gasteiger partial charge on any atom is 0.392 e. The third-order valence-electron chi connectivity index (χ3n) is 4.84. The van der Waals surface area contributed by atoms with Crippen molar-refractivity contribution >= 4 is 17.5 Å². The van der Waals surface area contributed by atoms with Crippen molar-refractivity contribution in [3.8, 4) is 0 Å². The summed E-state index contributed by atoms with van der Waals surface area (Å²) in [6, 6.07) is 2.53. The number of pyridine rings is 1. The molecule has 1 aliphatic rings. The van der Waals surface area contributed by atoms with Gasteiger partial charge in [-0.2, -0.15) is 27.1 Å². The highest BCUT2D eigenvalue weighted by Crippen LogP contribution is 2.51. The number of nitrogens with one attached hydrogen (secondary N) is 1.